The first kappa shape index (κ1) is 18.9. The molecule has 0 unspecified atom stereocenters. The molecule has 140 valence electrons. The molecule has 0 saturated heterocycles. The van der Waals surface area contributed by atoms with E-state index >= 15 is 0 Å². The number of nitrogens with zero attached hydrogens (tertiary/aromatic N) is 3. The van der Waals surface area contributed by atoms with E-state index in [2.05, 4.69) is 34.4 Å². The Hall–Kier alpha value is -1.88. The lowest BCUT2D eigenvalue weighted by Gasteiger charge is -2.28. The molecule has 26 heavy (non-hydrogen) atoms. The molecule has 5 nitrogen and oxygen atoms in total. The van der Waals surface area contributed by atoms with Crippen LogP contribution in [0.4, 0.5) is 11.8 Å². The third kappa shape index (κ3) is 5.07. The van der Waals surface area contributed by atoms with Gasteiger partial charge in [0.25, 0.3) is 0 Å². The Morgan fingerprint density at radius 1 is 1.12 bits per heavy atom. The molecule has 2 aromatic rings. The molecule has 0 aliphatic heterocycles. The summed E-state index contributed by atoms with van der Waals surface area (Å²) in [4.78, 5) is 13.7. The molecule has 1 aliphatic rings. The molecule has 0 radical (unpaired) electrons. The molecule has 1 saturated carbocycles. The van der Waals surface area contributed by atoms with E-state index in [-0.39, 0.29) is 0 Å². The number of rotatable bonds is 7. The maximum Gasteiger partial charge on any atom is 0.224 e. The third-order valence-electron chi connectivity index (χ3n) is 4.96. The van der Waals surface area contributed by atoms with E-state index in [0.717, 1.165) is 42.4 Å². The van der Waals surface area contributed by atoms with Crippen molar-refractivity contribution >= 4 is 23.4 Å². The third-order valence-corrected chi connectivity index (χ3v) is 5.19. The summed E-state index contributed by atoms with van der Waals surface area (Å²) < 4.78 is 0. The zero-order valence-corrected chi connectivity index (χ0v) is 16.4. The van der Waals surface area contributed by atoms with Gasteiger partial charge in [-0.3, -0.25) is 4.98 Å². The molecule has 0 aromatic carbocycles. The maximum atomic E-state index is 5.98. The fraction of sp³-hybridized carbons (Fsp3) is 0.550. The van der Waals surface area contributed by atoms with Crippen LogP contribution in [-0.2, 0) is 0 Å². The Kier molecular flexibility index (Phi) is 6.67. The van der Waals surface area contributed by atoms with Crippen LogP contribution in [0.25, 0.3) is 11.3 Å². The topological polar surface area (TPSA) is 62.7 Å². The quantitative estimate of drug-likeness (QED) is 0.636. The minimum atomic E-state index is 0.454. The number of halogens is 1. The lowest BCUT2D eigenvalue weighted by Crippen LogP contribution is -2.26. The van der Waals surface area contributed by atoms with Crippen molar-refractivity contribution in [3.8, 4) is 11.3 Å². The average molecular weight is 374 g/mol. The molecule has 2 aromatic heterocycles. The van der Waals surface area contributed by atoms with Gasteiger partial charge >= 0.3 is 0 Å². The van der Waals surface area contributed by atoms with Crippen molar-refractivity contribution in [1.82, 2.24) is 15.0 Å². The van der Waals surface area contributed by atoms with Gasteiger partial charge in [0, 0.05) is 25.0 Å². The van der Waals surface area contributed by atoms with Crippen LogP contribution in [0.1, 0.15) is 52.4 Å². The van der Waals surface area contributed by atoms with Crippen LogP contribution in [0.2, 0.25) is 5.02 Å². The molecule has 0 atom stereocenters. The highest BCUT2D eigenvalue weighted by Gasteiger charge is 2.20. The van der Waals surface area contributed by atoms with Gasteiger partial charge in [-0.05, 0) is 50.2 Å². The molecule has 2 heterocycles. The SMILES string of the molecule is CCCCNc1ncc(-c2ccc(Cl)cn2)c(N[C@H]2CC[C@H](C)CC2)n1. The second-order valence-corrected chi connectivity index (χ2v) is 7.64. The Labute approximate surface area is 161 Å². The summed E-state index contributed by atoms with van der Waals surface area (Å²) in [6.45, 7) is 5.39. The van der Waals surface area contributed by atoms with Crippen molar-refractivity contribution in [2.24, 2.45) is 5.92 Å². The first-order valence-electron chi connectivity index (χ1n) is 9.65. The van der Waals surface area contributed by atoms with Gasteiger partial charge in [0.2, 0.25) is 5.95 Å². The van der Waals surface area contributed by atoms with E-state index in [0.29, 0.717) is 17.0 Å². The Morgan fingerprint density at radius 2 is 1.92 bits per heavy atom. The van der Waals surface area contributed by atoms with E-state index in [1.165, 1.54) is 25.7 Å². The monoisotopic (exact) mass is 373 g/mol. The highest BCUT2D eigenvalue weighted by molar-refractivity contribution is 6.30. The zero-order chi connectivity index (χ0) is 18.4. The molecule has 0 amide bonds. The van der Waals surface area contributed by atoms with Gasteiger partial charge in [-0.15, -0.1) is 0 Å². The highest BCUT2D eigenvalue weighted by Crippen LogP contribution is 2.30. The summed E-state index contributed by atoms with van der Waals surface area (Å²) in [5.41, 5.74) is 1.75. The van der Waals surface area contributed by atoms with Gasteiger partial charge in [-0.2, -0.15) is 4.98 Å². The van der Waals surface area contributed by atoms with E-state index in [1.807, 2.05) is 18.3 Å². The molecular formula is C20H28ClN5. The van der Waals surface area contributed by atoms with Crippen molar-refractivity contribution in [2.45, 2.75) is 58.4 Å². The Balaban J connectivity index is 1.83. The number of unbranched alkanes of at least 4 members (excludes halogenated alkanes) is 1. The minimum Gasteiger partial charge on any atom is -0.367 e. The van der Waals surface area contributed by atoms with Crippen LogP contribution in [-0.4, -0.2) is 27.5 Å². The second kappa shape index (κ2) is 9.17. The number of aromatic nitrogens is 3. The molecule has 0 spiro atoms. The summed E-state index contributed by atoms with van der Waals surface area (Å²) in [5.74, 6) is 2.35. The molecule has 0 bridgehead atoms. The maximum absolute atomic E-state index is 5.98. The zero-order valence-electron chi connectivity index (χ0n) is 15.6. The van der Waals surface area contributed by atoms with Crippen molar-refractivity contribution in [3.63, 3.8) is 0 Å². The van der Waals surface area contributed by atoms with Crippen molar-refractivity contribution in [1.29, 1.82) is 0 Å². The summed E-state index contributed by atoms with van der Waals surface area (Å²) in [6, 6.07) is 4.22. The fourth-order valence-electron chi connectivity index (χ4n) is 3.27. The first-order valence-corrected chi connectivity index (χ1v) is 10.0. The van der Waals surface area contributed by atoms with Gasteiger partial charge in [0.1, 0.15) is 5.82 Å². The van der Waals surface area contributed by atoms with Crippen LogP contribution in [0.5, 0.6) is 0 Å². The molecule has 1 aliphatic carbocycles. The molecule has 3 rings (SSSR count). The van der Waals surface area contributed by atoms with E-state index in [9.17, 15) is 0 Å². The van der Waals surface area contributed by atoms with Crippen LogP contribution >= 0.6 is 11.6 Å². The van der Waals surface area contributed by atoms with E-state index in [1.54, 1.807) is 6.20 Å². The van der Waals surface area contributed by atoms with Gasteiger partial charge in [0.15, 0.2) is 0 Å². The second-order valence-electron chi connectivity index (χ2n) is 7.20. The molecule has 6 heteroatoms. The van der Waals surface area contributed by atoms with Crippen LogP contribution < -0.4 is 10.6 Å². The Morgan fingerprint density at radius 3 is 2.62 bits per heavy atom. The normalized spacial score (nSPS) is 20.0. The van der Waals surface area contributed by atoms with E-state index < -0.39 is 0 Å². The molecular weight excluding hydrogens is 346 g/mol. The predicted octanol–water partition coefficient (Wildman–Crippen LogP) is 5.39. The first-order chi connectivity index (χ1) is 12.7. The molecule has 2 N–H and O–H groups in total. The van der Waals surface area contributed by atoms with Gasteiger partial charge in [-0.25, -0.2) is 4.98 Å². The number of pyridine rings is 1. The lowest BCUT2D eigenvalue weighted by molar-refractivity contribution is 0.361. The largest absolute Gasteiger partial charge is 0.367 e. The molecule has 1 fully saturated rings. The predicted molar refractivity (Wildman–Crippen MR) is 109 cm³/mol. The minimum absolute atomic E-state index is 0.454. The van der Waals surface area contributed by atoms with Crippen LogP contribution in [0, 0.1) is 5.92 Å². The summed E-state index contributed by atoms with van der Waals surface area (Å²) >= 11 is 5.98. The van der Waals surface area contributed by atoms with Gasteiger partial charge < -0.3 is 10.6 Å². The standard InChI is InChI=1S/C20H28ClN5/c1-3-4-11-22-20-24-13-17(18-10-7-15(21)12-23-18)19(26-20)25-16-8-5-14(2)6-9-16/h7,10,12-14,16H,3-6,8-9,11H2,1-2H3,(H2,22,24,25,26)/t14-,16-. The van der Waals surface area contributed by atoms with Crippen LogP contribution in [0.15, 0.2) is 24.5 Å². The number of hydrogen-bond donors (Lipinski definition) is 2. The lowest BCUT2D eigenvalue weighted by atomic mass is 9.87. The summed E-state index contributed by atoms with van der Waals surface area (Å²) in [7, 11) is 0. The smallest absolute Gasteiger partial charge is 0.224 e. The average Bonchev–Trinajstić information content (AvgIpc) is 2.65. The summed E-state index contributed by atoms with van der Waals surface area (Å²) in [5, 5.41) is 7.59. The Bertz CT molecular complexity index is 696. The number of anilines is 2. The van der Waals surface area contributed by atoms with Crippen molar-refractivity contribution in [3.05, 3.63) is 29.5 Å². The highest BCUT2D eigenvalue weighted by atomic mass is 35.5. The van der Waals surface area contributed by atoms with Gasteiger partial charge in [0.05, 0.1) is 16.3 Å². The van der Waals surface area contributed by atoms with Crippen LogP contribution in [0.3, 0.4) is 0 Å². The van der Waals surface area contributed by atoms with Gasteiger partial charge in [-0.1, -0.05) is 31.9 Å². The number of nitrogens with one attached hydrogen (secondary N) is 2. The summed E-state index contributed by atoms with van der Waals surface area (Å²) in [6.07, 6.45) is 10.6. The number of hydrogen-bond acceptors (Lipinski definition) is 5. The van der Waals surface area contributed by atoms with Crippen molar-refractivity contribution in [2.75, 3.05) is 17.2 Å². The van der Waals surface area contributed by atoms with Crippen molar-refractivity contribution < 1.29 is 0 Å². The fourth-order valence-corrected chi connectivity index (χ4v) is 3.39. The van der Waals surface area contributed by atoms with E-state index in [4.69, 9.17) is 16.6 Å².